The predicted molar refractivity (Wildman–Crippen MR) is 117 cm³/mol. The van der Waals surface area contributed by atoms with Crippen LogP contribution in [0.5, 0.6) is 0 Å². The normalized spacial score (nSPS) is 14.1. The fraction of sp³-hybridized carbons (Fsp3) is 0.200. The number of nitrogens with one attached hydrogen (secondary N) is 1. The average molecular weight is 400 g/mol. The van der Waals surface area contributed by atoms with Crippen LogP contribution in [0.25, 0.3) is 5.57 Å². The summed E-state index contributed by atoms with van der Waals surface area (Å²) in [5.74, 6) is -0.127. The lowest BCUT2D eigenvalue weighted by Gasteiger charge is -2.14. The third kappa shape index (κ3) is 3.54. The van der Waals surface area contributed by atoms with Crippen molar-refractivity contribution >= 4 is 23.1 Å². The van der Waals surface area contributed by atoms with Crippen LogP contribution < -0.4 is 5.32 Å². The summed E-state index contributed by atoms with van der Waals surface area (Å²) in [6.07, 6.45) is 1.53. The molecule has 1 aromatic heterocycles. The highest BCUT2D eigenvalue weighted by Gasteiger charge is 2.39. The molecule has 2 amide bonds. The SMILES string of the molecule is Cc1ccc(NC2=C(c3ccc(C)c(C)c3)C(=O)N(Cc3ccco3)C2=O)cc1C. The topological polar surface area (TPSA) is 62.6 Å². The molecule has 4 rings (SSSR count). The summed E-state index contributed by atoms with van der Waals surface area (Å²) >= 11 is 0. The van der Waals surface area contributed by atoms with E-state index in [0.717, 1.165) is 33.5 Å². The van der Waals surface area contributed by atoms with E-state index >= 15 is 0 Å². The van der Waals surface area contributed by atoms with E-state index in [9.17, 15) is 9.59 Å². The van der Waals surface area contributed by atoms with E-state index in [-0.39, 0.29) is 24.1 Å². The highest BCUT2D eigenvalue weighted by molar-refractivity contribution is 6.36. The van der Waals surface area contributed by atoms with Crippen LogP contribution in [0.1, 0.15) is 33.6 Å². The van der Waals surface area contributed by atoms with Gasteiger partial charge in [-0.3, -0.25) is 14.5 Å². The minimum absolute atomic E-state index is 0.0944. The minimum Gasteiger partial charge on any atom is -0.467 e. The minimum atomic E-state index is -0.358. The molecular formula is C25H24N2O3. The van der Waals surface area contributed by atoms with Crippen LogP contribution in [0.15, 0.2) is 64.9 Å². The molecule has 30 heavy (non-hydrogen) atoms. The van der Waals surface area contributed by atoms with E-state index in [0.29, 0.717) is 11.3 Å². The van der Waals surface area contributed by atoms with Gasteiger partial charge in [-0.05, 0) is 79.8 Å². The molecule has 0 spiro atoms. The van der Waals surface area contributed by atoms with Crippen LogP contribution in [0.4, 0.5) is 5.69 Å². The zero-order valence-electron chi connectivity index (χ0n) is 17.6. The average Bonchev–Trinajstić information content (AvgIpc) is 3.30. The number of hydrogen-bond donors (Lipinski definition) is 1. The van der Waals surface area contributed by atoms with Crippen molar-refractivity contribution in [2.24, 2.45) is 0 Å². The summed E-state index contributed by atoms with van der Waals surface area (Å²) in [6, 6.07) is 15.2. The monoisotopic (exact) mass is 400 g/mol. The second kappa shape index (κ2) is 7.67. The first kappa shape index (κ1) is 19.7. The van der Waals surface area contributed by atoms with Gasteiger partial charge in [-0.2, -0.15) is 0 Å². The van der Waals surface area contributed by atoms with Crippen molar-refractivity contribution in [1.29, 1.82) is 0 Å². The maximum atomic E-state index is 13.3. The Morgan fingerprint density at radius 1 is 0.833 bits per heavy atom. The van der Waals surface area contributed by atoms with E-state index in [1.54, 1.807) is 12.1 Å². The molecule has 0 bridgehead atoms. The number of imide groups is 1. The van der Waals surface area contributed by atoms with Gasteiger partial charge < -0.3 is 9.73 Å². The largest absolute Gasteiger partial charge is 0.467 e. The molecule has 0 unspecified atom stereocenters. The van der Waals surface area contributed by atoms with Crippen molar-refractivity contribution in [3.8, 4) is 0 Å². The lowest BCUT2D eigenvalue weighted by atomic mass is 9.99. The Balaban J connectivity index is 1.78. The molecule has 0 atom stereocenters. The summed E-state index contributed by atoms with van der Waals surface area (Å²) in [6.45, 7) is 8.17. The van der Waals surface area contributed by atoms with Gasteiger partial charge in [0.15, 0.2) is 0 Å². The third-order valence-electron chi connectivity index (χ3n) is 5.63. The van der Waals surface area contributed by atoms with Gasteiger partial charge in [-0.25, -0.2) is 0 Å². The van der Waals surface area contributed by atoms with E-state index in [4.69, 9.17) is 4.42 Å². The first-order chi connectivity index (χ1) is 14.3. The van der Waals surface area contributed by atoms with E-state index in [1.807, 2.05) is 64.1 Å². The van der Waals surface area contributed by atoms with Gasteiger partial charge in [0.1, 0.15) is 11.5 Å². The summed E-state index contributed by atoms with van der Waals surface area (Å²) in [4.78, 5) is 27.8. The fourth-order valence-corrected chi connectivity index (χ4v) is 3.52. The van der Waals surface area contributed by atoms with Crippen LogP contribution >= 0.6 is 0 Å². The van der Waals surface area contributed by atoms with E-state index in [2.05, 4.69) is 5.32 Å². The number of benzene rings is 2. The number of hydrogen-bond acceptors (Lipinski definition) is 4. The lowest BCUT2D eigenvalue weighted by Crippen LogP contribution is -2.31. The standard InChI is InChI=1S/C25H24N2O3/c1-15-7-9-19(12-17(15)3)22-23(26-20-10-8-16(2)18(4)13-20)25(29)27(24(22)28)14-21-6-5-11-30-21/h5-13,26H,14H2,1-4H3. The van der Waals surface area contributed by atoms with Gasteiger partial charge in [-0.15, -0.1) is 0 Å². The number of amides is 2. The number of rotatable bonds is 5. The molecule has 1 aliphatic rings. The number of carbonyl (C=O) groups excluding carboxylic acids is 2. The molecule has 0 saturated heterocycles. The van der Waals surface area contributed by atoms with Crippen molar-refractivity contribution in [3.05, 3.63) is 94.1 Å². The Morgan fingerprint density at radius 3 is 2.17 bits per heavy atom. The molecular weight excluding hydrogens is 376 g/mol. The fourth-order valence-electron chi connectivity index (χ4n) is 3.52. The quantitative estimate of drug-likeness (QED) is 0.619. The Labute approximate surface area is 176 Å². The summed E-state index contributed by atoms with van der Waals surface area (Å²) in [5.41, 5.74) is 6.64. The smallest absolute Gasteiger partial charge is 0.278 e. The van der Waals surface area contributed by atoms with Crippen LogP contribution in [-0.2, 0) is 16.1 Å². The lowest BCUT2D eigenvalue weighted by molar-refractivity contribution is -0.137. The first-order valence-corrected chi connectivity index (χ1v) is 9.90. The maximum Gasteiger partial charge on any atom is 0.278 e. The van der Waals surface area contributed by atoms with Gasteiger partial charge >= 0.3 is 0 Å². The number of aryl methyl sites for hydroxylation is 4. The van der Waals surface area contributed by atoms with Gasteiger partial charge in [0.25, 0.3) is 11.8 Å². The van der Waals surface area contributed by atoms with Gasteiger partial charge in [-0.1, -0.05) is 24.3 Å². The molecule has 5 nitrogen and oxygen atoms in total. The third-order valence-corrected chi connectivity index (χ3v) is 5.63. The summed E-state index contributed by atoms with van der Waals surface area (Å²) < 4.78 is 5.37. The Morgan fingerprint density at radius 2 is 1.53 bits per heavy atom. The van der Waals surface area contributed by atoms with Crippen LogP contribution in [0.3, 0.4) is 0 Å². The molecule has 5 heteroatoms. The molecule has 2 aromatic carbocycles. The highest BCUT2D eigenvalue weighted by atomic mass is 16.3. The highest BCUT2D eigenvalue weighted by Crippen LogP contribution is 2.32. The molecule has 0 saturated carbocycles. The van der Waals surface area contributed by atoms with Gasteiger partial charge in [0.05, 0.1) is 18.4 Å². The molecule has 1 N–H and O–H groups in total. The summed E-state index contributed by atoms with van der Waals surface area (Å²) in [5, 5.41) is 3.22. The van der Waals surface area contributed by atoms with Gasteiger partial charge in [0, 0.05) is 5.69 Å². The van der Waals surface area contributed by atoms with Crippen molar-refractivity contribution in [1.82, 2.24) is 4.90 Å². The Kier molecular flexibility index (Phi) is 5.04. The molecule has 2 heterocycles. The van der Waals surface area contributed by atoms with Crippen LogP contribution in [0, 0.1) is 27.7 Å². The van der Waals surface area contributed by atoms with E-state index in [1.165, 1.54) is 11.2 Å². The molecule has 0 radical (unpaired) electrons. The van der Waals surface area contributed by atoms with Crippen LogP contribution in [0.2, 0.25) is 0 Å². The first-order valence-electron chi connectivity index (χ1n) is 9.90. The molecule has 152 valence electrons. The zero-order valence-corrected chi connectivity index (χ0v) is 17.6. The zero-order chi connectivity index (χ0) is 21.4. The molecule has 3 aromatic rings. The summed E-state index contributed by atoms with van der Waals surface area (Å²) in [7, 11) is 0. The predicted octanol–water partition coefficient (Wildman–Crippen LogP) is 4.91. The number of anilines is 1. The number of carbonyl (C=O) groups is 2. The number of nitrogens with zero attached hydrogens (tertiary/aromatic N) is 1. The number of furan rings is 1. The maximum absolute atomic E-state index is 13.3. The van der Waals surface area contributed by atoms with Crippen molar-refractivity contribution < 1.29 is 14.0 Å². The van der Waals surface area contributed by atoms with E-state index < -0.39 is 0 Å². The molecule has 0 fully saturated rings. The van der Waals surface area contributed by atoms with Crippen molar-refractivity contribution in [2.75, 3.05) is 5.32 Å². The Bertz CT molecular complexity index is 1170. The van der Waals surface area contributed by atoms with Gasteiger partial charge in [0.2, 0.25) is 0 Å². The molecule has 0 aliphatic carbocycles. The Hall–Kier alpha value is -3.60. The molecule has 1 aliphatic heterocycles. The van der Waals surface area contributed by atoms with Crippen LogP contribution in [-0.4, -0.2) is 16.7 Å². The van der Waals surface area contributed by atoms with Crippen molar-refractivity contribution in [3.63, 3.8) is 0 Å². The second-order valence-corrected chi connectivity index (χ2v) is 7.75. The second-order valence-electron chi connectivity index (χ2n) is 7.75. The van der Waals surface area contributed by atoms with Crippen molar-refractivity contribution in [2.45, 2.75) is 34.2 Å².